The van der Waals surface area contributed by atoms with Crippen molar-refractivity contribution in [2.75, 3.05) is 7.11 Å². The van der Waals surface area contributed by atoms with Crippen LogP contribution in [0, 0.1) is 6.92 Å². The number of hydrogen-bond donors (Lipinski definition) is 1. The average Bonchev–Trinajstić information content (AvgIpc) is 2.79. The first kappa shape index (κ1) is 24.6. The van der Waals surface area contributed by atoms with Gasteiger partial charge >= 0.3 is 6.18 Å². The Balaban J connectivity index is 2.02. The van der Waals surface area contributed by atoms with Gasteiger partial charge in [-0.25, -0.2) is 9.97 Å². The van der Waals surface area contributed by atoms with E-state index in [2.05, 4.69) is 15.0 Å². The van der Waals surface area contributed by atoms with Gasteiger partial charge in [-0.05, 0) is 55.4 Å². The number of aliphatic imine (C=N–C) groups is 1. The molecule has 1 N–H and O–H groups in total. The molecule has 0 aliphatic carbocycles. The van der Waals surface area contributed by atoms with Crippen LogP contribution in [0.4, 0.5) is 18.9 Å². The Morgan fingerprint density at radius 1 is 1.15 bits per heavy atom. The molecule has 0 spiro atoms. The standard InChI is InChI=1S/C25H28F3N3O2/c1-5-17-9-7-10-19(23(17)33-4)18(6-2)13-24(32,25(26,27)28)15-30-21-11-8-12-22-20(21)14-29-16(3)31-22/h7-12,14-15,18,32H,5-6,13H2,1-4H3/b30-15+. The van der Waals surface area contributed by atoms with Crippen molar-refractivity contribution in [3.05, 3.63) is 59.5 Å². The molecule has 0 aliphatic heterocycles. The van der Waals surface area contributed by atoms with E-state index in [4.69, 9.17) is 4.74 Å². The summed E-state index contributed by atoms with van der Waals surface area (Å²) >= 11 is 0. The number of aryl methyl sites for hydroxylation is 2. The summed E-state index contributed by atoms with van der Waals surface area (Å²) in [6.07, 6.45) is -2.32. The first-order chi connectivity index (χ1) is 15.6. The number of hydrogen-bond acceptors (Lipinski definition) is 5. The summed E-state index contributed by atoms with van der Waals surface area (Å²) < 4.78 is 47.9. The minimum atomic E-state index is -4.92. The molecular weight excluding hydrogens is 431 g/mol. The number of alkyl halides is 3. The van der Waals surface area contributed by atoms with Gasteiger partial charge in [0.1, 0.15) is 11.6 Å². The van der Waals surface area contributed by atoms with Crippen molar-refractivity contribution in [1.29, 1.82) is 0 Å². The molecule has 0 saturated carbocycles. The number of nitrogens with zero attached hydrogens (tertiary/aromatic N) is 3. The maximum Gasteiger partial charge on any atom is 0.422 e. The third-order valence-corrected chi connectivity index (χ3v) is 5.83. The fourth-order valence-electron chi connectivity index (χ4n) is 3.97. The first-order valence-corrected chi connectivity index (χ1v) is 10.9. The molecule has 8 heteroatoms. The summed E-state index contributed by atoms with van der Waals surface area (Å²) in [5.74, 6) is 0.516. The summed E-state index contributed by atoms with van der Waals surface area (Å²) in [6, 6.07) is 10.4. The molecule has 0 aliphatic rings. The lowest BCUT2D eigenvalue weighted by atomic mass is 9.83. The Morgan fingerprint density at radius 3 is 2.52 bits per heavy atom. The maximum atomic E-state index is 14.1. The molecule has 5 nitrogen and oxygen atoms in total. The lowest BCUT2D eigenvalue weighted by molar-refractivity contribution is -0.232. The van der Waals surface area contributed by atoms with Crippen LogP contribution in [0.1, 0.15) is 49.6 Å². The molecule has 1 heterocycles. The highest BCUT2D eigenvalue weighted by atomic mass is 19.4. The Hall–Kier alpha value is -3.00. The van der Waals surface area contributed by atoms with E-state index in [1.165, 1.54) is 13.3 Å². The summed E-state index contributed by atoms with van der Waals surface area (Å²) in [4.78, 5) is 12.5. The number of ether oxygens (including phenoxy) is 1. The molecule has 0 amide bonds. The Labute approximate surface area is 191 Å². The second-order valence-corrected chi connectivity index (χ2v) is 8.01. The summed E-state index contributed by atoms with van der Waals surface area (Å²) in [5.41, 5.74) is -0.753. The zero-order chi connectivity index (χ0) is 24.2. The SMILES string of the molecule is CCc1cccc(C(CC)CC(O)(/C=N/c2cccc3nc(C)ncc23)C(F)(F)F)c1OC. The first-order valence-electron chi connectivity index (χ1n) is 10.9. The molecule has 3 rings (SSSR count). The van der Waals surface area contributed by atoms with Gasteiger partial charge in [-0.3, -0.25) is 4.99 Å². The number of fused-ring (bicyclic) bond motifs is 1. The van der Waals surface area contributed by atoms with Crippen molar-refractivity contribution in [2.45, 2.75) is 57.7 Å². The van der Waals surface area contributed by atoms with Crippen molar-refractivity contribution in [2.24, 2.45) is 4.99 Å². The highest BCUT2D eigenvalue weighted by molar-refractivity contribution is 5.91. The lowest BCUT2D eigenvalue weighted by Crippen LogP contribution is -2.47. The van der Waals surface area contributed by atoms with Crippen LogP contribution in [-0.4, -0.2) is 40.2 Å². The minimum Gasteiger partial charge on any atom is -0.496 e. The summed E-state index contributed by atoms with van der Waals surface area (Å²) in [6.45, 7) is 5.47. The lowest BCUT2D eigenvalue weighted by Gasteiger charge is -2.31. The Kier molecular flexibility index (Phi) is 7.37. The molecule has 176 valence electrons. The van der Waals surface area contributed by atoms with Crippen molar-refractivity contribution in [1.82, 2.24) is 9.97 Å². The van der Waals surface area contributed by atoms with E-state index in [9.17, 15) is 18.3 Å². The van der Waals surface area contributed by atoms with Crippen molar-refractivity contribution < 1.29 is 23.0 Å². The number of halogens is 3. The second kappa shape index (κ2) is 9.87. The predicted molar refractivity (Wildman–Crippen MR) is 123 cm³/mol. The van der Waals surface area contributed by atoms with Gasteiger partial charge in [0.2, 0.25) is 0 Å². The Morgan fingerprint density at radius 2 is 1.88 bits per heavy atom. The number of aromatic nitrogens is 2. The van der Waals surface area contributed by atoms with E-state index in [0.717, 1.165) is 5.56 Å². The number of methoxy groups -OCH3 is 1. The zero-order valence-electron chi connectivity index (χ0n) is 19.1. The molecule has 2 unspecified atom stereocenters. The van der Waals surface area contributed by atoms with Crippen LogP contribution < -0.4 is 4.74 Å². The van der Waals surface area contributed by atoms with Gasteiger partial charge < -0.3 is 9.84 Å². The van der Waals surface area contributed by atoms with Gasteiger partial charge in [0.25, 0.3) is 0 Å². The van der Waals surface area contributed by atoms with Crippen molar-refractivity contribution >= 4 is 22.8 Å². The zero-order valence-corrected chi connectivity index (χ0v) is 19.1. The van der Waals surface area contributed by atoms with Crippen LogP contribution in [-0.2, 0) is 6.42 Å². The molecule has 33 heavy (non-hydrogen) atoms. The fourth-order valence-corrected chi connectivity index (χ4v) is 3.97. The van der Waals surface area contributed by atoms with E-state index >= 15 is 0 Å². The smallest absolute Gasteiger partial charge is 0.422 e. The second-order valence-electron chi connectivity index (χ2n) is 8.01. The minimum absolute atomic E-state index is 0.258. The molecular formula is C25H28F3N3O2. The number of benzene rings is 2. The van der Waals surface area contributed by atoms with E-state index in [1.807, 2.05) is 13.0 Å². The van der Waals surface area contributed by atoms with Gasteiger partial charge in [-0.15, -0.1) is 0 Å². The van der Waals surface area contributed by atoms with Crippen LogP contribution in [0.15, 0.2) is 47.6 Å². The molecule has 0 saturated heterocycles. The third-order valence-electron chi connectivity index (χ3n) is 5.83. The number of para-hydroxylation sites is 1. The molecule has 2 atom stereocenters. The average molecular weight is 460 g/mol. The van der Waals surface area contributed by atoms with Crippen LogP contribution in [0.2, 0.25) is 0 Å². The van der Waals surface area contributed by atoms with Crippen molar-refractivity contribution in [3.63, 3.8) is 0 Å². The maximum absolute atomic E-state index is 14.1. The van der Waals surface area contributed by atoms with Crippen LogP contribution in [0.25, 0.3) is 10.9 Å². The van der Waals surface area contributed by atoms with Gasteiger partial charge in [-0.1, -0.05) is 38.1 Å². The quantitative estimate of drug-likeness (QED) is 0.414. The van der Waals surface area contributed by atoms with Crippen LogP contribution in [0.5, 0.6) is 5.75 Å². The molecule has 1 aromatic heterocycles. The summed E-state index contributed by atoms with van der Waals surface area (Å²) in [5, 5.41) is 11.3. The molecule has 0 radical (unpaired) electrons. The van der Waals surface area contributed by atoms with E-state index in [-0.39, 0.29) is 5.69 Å². The van der Waals surface area contributed by atoms with Crippen LogP contribution >= 0.6 is 0 Å². The topological polar surface area (TPSA) is 67.6 Å². The highest BCUT2D eigenvalue weighted by Gasteiger charge is 2.53. The van der Waals surface area contributed by atoms with Gasteiger partial charge in [-0.2, -0.15) is 13.2 Å². The monoisotopic (exact) mass is 459 g/mol. The van der Waals surface area contributed by atoms with Gasteiger partial charge in [0.05, 0.1) is 18.3 Å². The van der Waals surface area contributed by atoms with Gasteiger partial charge in [0, 0.05) is 17.8 Å². The fraction of sp³-hybridized carbons (Fsp3) is 0.400. The normalized spacial score (nSPS) is 15.0. The predicted octanol–water partition coefficient (Wildman–Crippen LogP) is 6.09. The molecule has 0 fully saturated rings. The largest absolute Gasteiger partial charge is 0.496 e. The number of rotatable bonds is 8. The molecule has 0 bridgehead atoms. The third kappa shape index (κ3) is 5.16. The summed E-state index contributed by atoms with van der Waals surface area (Å²) in [7, 11) is 1.51. The molecule has 3 aromatic rings. The van der Waals surface area contributed by atoms with Gasteiger partial charge in [0.15, 0.2) is 5.60 Å². The molecule has 2 aromatic carbocycles. The van der Waals surface area contributed by atoms with E-state index < -0.39 is 24.1 Å². The highest BCUT2D eigenvalue weighted by Crippen LogP contribution is 2.42. The van der Waals surface area contributed by atoms with E-state index in [0.29, 0.717) is 47.1 Å². The van der Waals surface area contributed by atoms with Crippen molar-refractivity contribution in [3.8, 4) is 5.75 Å². The number of aliphatic hydroxyl groups is 1. The van der Waals surface area contributed by atoms with Crippen LogP contribution in [0.3, 0.4) is 0 Å². The van der Waals surface area contributed by atoms with E-state index in [1.54, 1.807) is 44.2 Å². The Bertz CT molecular complexity index is 1150.